The van der Waals surface area contributed by atoms with Gasteiger partial charge in [0, 0.05) is 45.8 Å². The number of carbonyl (C=O) groups is 2. The maximum absolute atomic E-state index is 12.6. The Morgan fingerprint density at radius 2 is 0.735 bits per heavy atom. The summed E-state index contributed by atoms with van der Waals surface area (Å²) < 4.78 is 35.3. The highest BCUT2D eigenvalue weighted by Crippen LogP contribution is 2.14. The predicted octanol–water partition coefficient (Wildman–Crippen LogP) is 13.5. The molecule has 0 aliphatic carbocycles. The second-order valence-corrected chi connectivity index (χ2v) is 18.0. The molecule has 0 heterocycles. The average molecular weight is 964 g/mol. The van der Waals surface area contributed by atoms with E-state index in [4.69, 9.17) is 28.4 Å². The van der Waals surface area contributed by atoms with E-state index in [1.807, 2.05) is 0 Å². The molecule has 0 aliphatic rings. The van der Waals surface area contributed by atoms with Gasteiger partial charge in [0.25, 0.3) is 0 Å². The molecule has 0 radical (unpaired) electrons. The molecule has 0 aromatic carbocycles. The number of nitrogens with zero attached hydrogens (tertiary/aromatic N) is 1. The third kappa shape index (κ3) is 48.6. The zero-order valence-electron chi connectivity index (χ0n) is 44.2. The van der Waals surface area contributed by atoms with Crippen molar-refractivity contribution >= 4 is 11.9 Å². The molecule has 0 aromatic rings. The number of ether oxygens (including phenoxy) is 6. The van der Waals surface area contributed by atoms with Crippen molar-refractivity contribution in [2.75, 3.05) is 65.9 Å². The molecular formula is C57H105NO10. The molecular weight excluding hydrogens is 859 g/mol. The fraction of sp³-hybridized carbons (Fsp3) is 0.825. The van der Waals surface area contributed by atoms with Crippen molar-refractivity contribution in [2.24, 2.45) is 0 Å². The second kappa shape index (κ2) is 54.0. The summed E-state index contributed by atoms with van der Waals surface area (Å²) >= 11 is 0. The maximum atomic E-state index is 12.6. The number of unbranched alkanes of at least 4 members (excludes halogenated alkanes) is 16. The highest BCUT2D eigenvalue weighted by molar-refractivity contribution is 5.69. The predicted molar refractivity (Wildman–Crippen MR) is 281 cm³/mol. The molecule has 0 aliphatic heterocycles. The lowest BCUT2D eigenvalue weighted by molar-refractivity contribution is -0.159. The lowest BCUT2D eigenvalue weighted by atomic mass is 10.1. The zero-order valence-corrected chi connectivity index (χ0v) is 44.2. The van der Waals surface area contributed by atoms with Crippen LogP contribution in [0.25, 0.3) is 0 Å². The van der Waals surface area contributed by atoms with Crippen LogP contribution >= 0.6 is 0 Å². The van der Waals surface area contributed by atoms with E-state index in [-0.39, 0.29) is 44.0 Å². The number of hydrogen-bond acceptors (Lipinski definition) is 11. The second-order valence-electron chi connectivity index (χ2n) is 18.0. The number of hydrogen-bond donors (Lipinski definition) is 2. The maximum Gasteiger partial charge on any atom is 0.305 e. The minimum atomic E-state index is -0.742. The number of rotatable bonds is 53. The largest absolute Gasteiger partial charge is 0.466 e. The molecule has 1 atom stereocenters. The van der Waals surface area contributed by atoms with Crippen LogP contribution in [0.15, 0.2) is 48.6 Å². The standard InChI is InChI=1S/C57H105NO10/c1-5-9-13-17-25-35-47-65-56(66-48-36-26-18-14-10-6-2)41-39-54(61)63-45-33-29-21-23-31-43-58(51-53(60)52-59)44-32-24-22-30-34-46-64-55(62)40-42-57(67-49-37-27-19-15-11-7-3)68-50-38-28-20-16-12-8-4/h9-16,53,56-57,59-60H,5-8,17-52H2,1-4H3/b13-9-,14-10-,15-11-,16-12-. The van der Waals surface area contributed by atoms with Crippen molar-refractivity contribution in [1.82, 2.24) is 4.90 Å². The van der Waals surface area contributed by atoms with Crippen LogP contribution in [0, 0.1) is 0 Å². The minimum absolute atomic E-state index is 0.195. The zero-order chi connectivity index (χ0) is 49.6. The van der Waals surface area contributed by atoms with Gasteiger partial charge < -0.3 is 43.5 Å². The molecule has 2 N–H and O–H groups in total. The molecule has 11 heteroatoms. The summed E-state index contributed by atoms with van der Waals surface area (Å²) in [5.74, 6) is -0.390. The van der Waals surface area contributed by atoms with Crippen molar-refractivity contribution in [3.05, 3.63) is 48.6 Å². The highest BCUT2D eigenvalue weighted by atomic mass is 16.7. The fourth-order valence-corrected chi connectivity index (χ4v) is 7.46. The molecule has 0 spiro atoms. The number of aliphatic hydroxyl groups excluding tert-OH is 2. The van der Waals surface area contributed by atoms with Crippen LogP contribution in [-0.2, 0) is 38.0 Å². The van der Waals surface area contributed by atoms with E-state index in [1.165, 1.54) is 0 Å². The summed E-state index contributed by atoms with van der Waals surface area (Å²) in [5.41, 5.74) is 0. The van der Waals surface area contributed by atoms with Crippen molar-refractivity contribution in [3.8, 4) is 0 Å². The van der Waals surface area contributed by atoms with Crippen molar-refractivity contribution in [1.29, 1.82) is 0 Å². The van der Waals surface area contributed by atoms with Crippen LogP contribution in [0.3, 0.4) is 0 Å². The molecule has 398 valence electrons. The van der Waals surface area contributed by atoms with E-state index in [9.17, 15) is 19.8 Å². The molecule has 0 aromatic heterocycles. The molecule has 0 bridgehead atoms. The summed E-state index contributed by atoms with van der Waals surface area (Å²) in [7, 11) is 0. The Morgan fingerprint density at radius 1 is 0.426 bits per heavy atom. The van der Waals surface area contributed by atoms with Crippen molar-refractivity contribution < 1.29 is 48.2 Å². The number of aliphatic hydroxyl groups is 2. The van der Waals surface area contributed by atoms with Crippen LogP contribution in [-0.4, -0.2) is 112 Å². The van der Waals surface area contributed by atoms with Crippen molar-refractivity contribution in [3.63, 3.8) is 0 Å². The molecule has 0 saturated heterocycles. The van der Waals surface area contributed by atoms with E-state index in [1.54, 1.807) is 0 Å². The van der Waals surface area contributed by atoms with Crippen molar-refractivity contribution in [2.45, 2.75) is 239 Å². The Bertz CT molecular complexity index is 1060. The first-order valence-electron chi connectivity index (χ1n) is 27.8. The third-order valence-electron chi connectivity index (χ3n) is 11.5. The first kappa shape index (κ1) is 65.6. The van der Waals surface area contributed by atoms with Crippen LogP contribution in [0.2, 0.25) is 0 Å². The van der Waals surface area contributed by atoms with Gasteiger partial charge in [-0.05, 0) is 142 Å². The van der Waals surface area contributed by atoms with Crippen LogP contribution in [0.1, 0.15) is 220 Å². The SMILES string of the molecule is CC/C=C\CCCCOC(CCC(=O)OCCCCCCCN(CCCCCCCOC(=O)CCC(OCCCC/C=C\CC)OCCCC/C=C\CC)CC(O)CO)OCCCC/C=C\CC. The smallest absolute Gasteiger partial charge is 0.305 e. The fourth-order valence-electron chi connectivity index (χ4n) is 7.46. The number of carbonyl (C=O) groups excluding carboxylic acids is 2. The highest BCUT2D eigenvalue weighted by Gasteiger charge is 2.16. The van der Waals surface area contributed by atoms with E-state index < -0.39 is 6.10 Å². The van der Waals surface area contributed by atoms with Gasteiger partial charge in [0.2, 0.25) is 0 Å². The van der Waals surface area contributed by atoms with Gasteiger partial charge in [0.05, 0.1) is 38.8 Å². The molecule has 68 heavy (non-hydrogen) atoms. The Kier molecular flexibility index (Phi) is 52.1. The Balaban J connectivity index is 4.33. The summed E-state index contributed by atoms with van der Waals surface area (Å²) in [6, 6.07) is 0. The van der Waals surface area contributed by atoms with Gasteiger partial charge in [-0.2, -0.15) is 0 Å². The molecule has 1 unspecified atom stereocenters. The van der Waals surface area contributed by atoms with Gasteiger partial charge in [0.1, 0.15) is 0 Å². The van der Waals surface area contributed by atoms with E-state index in [0.29, 0.717) is 59.0 Å². The molecule has 0 rings (SSSR count). The van der Waals surface area contributed by atoms with Gasteiger partial charge in [-0.15, -0.1) is 0 Å². The van der Waals surface area contributed by atoms with Crippen LogP contribution < -0.4 is 0 Å². The first-order valence-corrected chi connectivity index (χ1v) is 27.8. The first-order chi connectivity index (χ1) is 33.4. The molecule has 11 nitrogen and oxygen atoms in total. The summed E-state index contributed by atoms with van der Waals surface area (Å²) in [6.07, 6.45) is 44.4. The number of allylic oxidation sites excluding steroid dienone is 8. The van der Waals surface area contributed by atoms with E-state index in [2.05, 4.69) is 81.2 Å². The lowest BCUT2D eigenvalue weighted by Gasteiger charge is -2.24. The Labute approximate surface area is 417 Å². The monoisotopic (exact) mass is 964 g/mol. The van der Waals surface area contributed by atoms with Crippen LogP contribution in [0.5, 0.6) is 0 Å². The van der Waals surface area contributed by atoms with Crippen LogP contribution in [0.4, 0.5) is 0 Å². The summed E-state index contributed by atoms with van der Waals surface area (Å²) in [5, 5.41) is 19.7. The Morgan fingerprint density at radius 3 is 1.06 bits per heavy atom. The Hall–Kier alpha value is -2.38. The lowest BCUT2D eigenvalue weighted by Crippen LogP contribution is -2.35. The quantitative estimate of drug-likeness (QED) is 0.0261. The minimum Gasteiger partial charge on any atom is -0.466 e. The molecule has 0 amide bonds. The number of esters is 2. The summed E-state index contributed by atoms with van der Waals surface area (Å²) in [4.78, 5) is 27.4. The van der Waals surface area contributed by atoms with Gasteiger partial charge in [-0.1, -0.05) is 115 Å². The van der Waals surface area contributed by atoms with Gasteiger partial charge >= 0.3 is 11.9 Å². The van der Waals surface area contributed by atoms with E-state index in [0.717, 1.165) is 180 Å². The van der Waals surface area contributed by atoms with Gasteiger partial charge in [-0.3, -0.25) is 9.59 Å². The van der Waals surface area contributed by atoms with E-state index >= 15 is 0 Å². The van der Waals surface area contributed by atoms with Gasteiger partial charge in [-0.25, -0.2) is 0 Å². The molecule has 0 fully saturated rings. The topological polar surface area (TPSA) is 133 Å². The molecule has 0 saturated carbocycles. The third-order valence-corrected chi connectivity index (χ3v) is 11.5. The van der Waals surface area contributed by atoms with Gasteiger partial charge in [0.15, 0.2) is 12.6 Å². The normalized spacial score (nSPS) is 12.7. The summed E-state index contributed by atoms with van der Waals surface area (Å²) in [6.45, 7) is 14.0. The average Bonchev–Trinajstić information content (AvgIpc) is 3.34.